The molecule has 16 atom stereocenters. The van der Waals surface area contributed by atoms with Gasteiger partial charge in [-0.3, -0.25) is 0 Å². The van der Waals surface area contributed by atoms with Crippen molar-refractivity contribution >= 4 is 11.9 Å². The van der Waals surface area contributed by atoms with E-state index < -0.39 is 148 Å². The van der Waals surface area contributed by atoms with E-state index in [-0.39, 0.29) is 17.5 Å². The van der Waals surface area contributed by atoms with Crippen LogP contribution in [0.4, 0.5) is 0 Å². The van der Waals surface area contributed by atoms with Crippen LogP contribution in [-0.2, 0) is 49.4 Å². The Kier molecular flexibility index (Phi) is 26.2. The molecule has 3 heterocycles. The van der Waals surface area contributed by atoms with Gasteiger partial charge in [0.25, 0.3) is 0 Å². The lowest BCUT2D eigenvalue weighted by molar-refractivity contribution is -0.383. The first kappa shape index (κ1) is 60.2. The topological polar surface area (TPSA) is 342 Å². The number of carbonyl (C=O) groups is 2. The Morgan fingerprint density at radius 3 is 1.86 bits per heavy atom. The molecule has 3 saturated heterocycles. The molecular weight excluding hydrogens is 949 g/mol. The van der Waals surface area contributed by atoms with Gasteiger partial charge in [-0.2, -0.15) is 0 Å². The monoisotopic (exact) mass is 1020 g/mol. The molecule has 0 saturated carbocycles. The third-order valence-electron chi connectivity index (χ3n) is 12.1. The maximum absolute atomic E-state index is 13.6. The molecule has 21 heteroatoms. The fourth-order valence-electron chi connectivity index (χ4n) is 8.13. The first-order chi connectivity index (χ1) is 34.6. The Bertz CT molecular complexity index is 1970. The van der Waals surface area contributed by atoms with Crippen LogP contribution in [-0.4, -0.2) is 185 Å². The van der Waals surface area contributed by atoms with Crippen molar-refractivity contribution in [2.24, 2.45) is 0 Å². The second-order valence-corrected chi connectivity index (χ2v) is 17.6. The van der Waals surface area contributed by atoms with Crippen molar-refractivity contribution in [3.05, 3.63) is 96.2 Å². The van der Waals surface area contributed by atoms with E-state index in [1.807, 2.05) is 18.2 Å². The molecule has 3 aliphatic heterocycles. The van der Waals surface area contributed by atoms with Crippen LogP contribution in [0.3, 0.4) is 0 Å². The largest absolute Gasteiger partial charge is 0.508 e. The highest BCUT2D eigenvalue weighted by molar-refractivity contribution is 5.82. The summed E-state index contributed by atoms with van der Waals surface area (Å²) in [4.78, 5) is 26.3. The van der Waals surface area contributed by atoms with E-state index in [2.05, 4.69) is 13.8 Å². The summed E-state index contributed by atoms with van der Waals surface area (Å²) < 4.78 is 40.8. The number of aliphatic hydroxyl groups is 10. The summed E-state index contributed by atoms with van der Waals surface area (Å²) in [5.74, 6) is -3.10. The highest BCUT2D eigenvalue weighted by Crippen LogP contribution is 2.43. The smallest absolute Gasteiger partial charge is 0.331 e. The number of aromatic hydroxyl groups is 2. The Balaban J connectivity index is 1.66. The standard InChI is InChI=1S/C51H74O21/c1-3-5-7-9-11-13-16-20-31(55)21-17-15-19-23-38(59)70-48-45(65)47(39-30(26-52)24-32(56)25-33(39)57)67-35(28-54)46(48)71-51-49(72-50-44(64)42(62)40(60)34(27-53)68-50)43(63)41(61)36(69-51)29-66-37(58)22-18-14-12-10-8-6-4-2/h11-20,22-25,31,34-36,40-57,60-65H,3-10,21,26-29H2,1-2H3/b13-11+,14-12-,17-15+,20-16+,22-18+,23-19+/t31?,34-,35-,36-,40+,41?,42+,43+,44-,45?,46-,47?,48-,49?,50?,51?/m1/s1. The molecule has 7 unspecified atom stereocenters. The van der Waals surface area contributed by atoms with Crippen molar-refractivity contribution in [3.8, 4) is 11.5 Å². The molecule has 404 valence electrons. The maximum Gasteiger partial charge on any atom is 0.331 e. The number of esters is 2. The molecule has 72 heavy (non-hydrogen) atoms. The number of phenols is 2. The molecule has 21 nitrogen and oxygen atoms in total. The average Bonchev–Trinajstić information content (AvgIpc) is 3.36. The second-order valence-electron chi connectivity index (χ2n) is 17.6. The van der Waals surface area contributed by atoms with E-state index in [0.29, 0.717) is 0 Å². The van der Waals surface area contributed by atoms with Crippen molar-refractivity contribution in [2.45, 2.75) is 176 Å². The van der Waals surface area contributed by atoms with E-state index in [1.165, 1.54) is 18.2 Å². The van der Waals surface area contributed by atoms with Gasteiger partial charge in [0, 0.05) is 23.8 Å². The van der Waals surface area contributed by atoms with Gasteiger partial charge in [-0.25, -0.2) is 9.59 Å². The number of aliphatic hydroxyl groups excluding tert-OH is 10. The van der Waals surface area contributed by atoms with Crippen molar-refractivity contribution < 1.29 is 104 Å². The molecule has 3 fully saturated rings. The SMILES string of the molecule is CCCCC/C=C\C=C\C(=O)OC[C@H]1OC(O[C@H]2[C@H](OC(=O)/C=C/C=C/CC(O)/C=C/C=C/CCCCC)C(O)C(c3c(O)cc(O)cc3CO)O[C@@H]2CO)C(OC2O[C@H](CO)[C@H](O)[C@H](O)[C@H]2O)[C@@H](O)C1O. The predicted octanol–water partition coefficient (Wildman–Crippen LogP) is 1.10. The maximum atomic E-state index is 13.6. The van der Waals surface area contributed by atoms with Crippen LogP contribution < -0.4 is 0 Å². The Labute approximate surface area is 418 Å². The van der Waals surface area contributed by atoms with Gasteiger partial charge < -0.3 is 94.4 Å². The number of allylic oxidation sites excluding steroid dienone is 8. The molecule has 0 bridgehead atoms. The number of unbranched alkanes of at least 4 members (excludes halogenated alkanes) is 6. The van der Waals surface area contributed by atoms with Crippen molar-refractivity contribution in [1.29, 1.82) is 0 Å². The molecule has 0 amide bonds. The Morgan fingerprint density at radius 2 is 1.22 bits per heavy atom. The normalized spacial score (nSPS) is 32.0. The third-order valence-corrected chi connectivity index (χ3v) is 12.1. The van der Waals surface area contributed by atoms with Gasteiger partial charge in [-0.15, -0.1) is 0 Å². The molecule has 12 N–H and O–H groups in total. The number of hydrogen-bond donors (Lipinski definition) is 12. The quantitative estimate of drug-likeness (QED) is 0.0254. The lowest BCUT2D eigenvalue weighted by Crippen LogP contribution is -2.66. The minimum absolute atomic E-state index is 0.126. The van der Waals surface area contributed by atoms with Crippen LogP contribution >= 0.6 is 0 Å². The van der Waals surface area contributed by atoms with Crippen molar-refractivity contribution in [1.82, 2.24) is 0 Å². The molecule has 4 rings (SSSR count). The van der Waals surface area contributed by atoms with E-state index in [1.54, 1.807) is 24.3 Å². The zero-order valence-corrected chi connectivity index (χ0v) is 40.6. The van der Waals surface area contributed by atoms with Crippen molar-refractivity contribution in [3.63, 3.8) is 0 Å². The Morgan fingerprint density at radius 1 is 0.625 bits per heavy atom. The van der Waals surface area contributed by atoms with Crippen LogP contribution in [0.2, 0.25) is 0 Å². The summed E-state index contributed by atoms with van der Waals surface area (Å²) in [7, 11) is 0. The van der Waals surface area contributed by atoms with E-state index in [4.69, 9.17) is 33.2 Å². The molecule has 3 aliphatic rings. The lowest BCUT2D eigenvalue weighted by Gasteiger charge is -2.49. The fourth-order valence-corrected chi connectivity index (χ4v) is 8.13. The van der Waals surface area contributed by atoms with Gasteiger partial charge in [-0.05, 0) is 43.7 Å². The molecule has 0 spiro atoms. The molecule has 1 aromatic rings. The van der Waals surface area contributed by atoms with E-state index in [9.17, 15) is 70.9 Å². The molecule has 0 radical (unpaired) electrons. The van der Waals surface area contributed by atoms with E-state index >= 15 is 0 Å². The van der Waals surface area contributed by atoms with Gasteiger partial charge in [0.1, 0.15) is 91.4 Å². The number of hydrogen-bond acceptors (Lipinski definition) is 21. The molecule has 0 aromatic heterocycles. The van der Waals surface area contributed by atoms with Crippen molar-refractivity contribution in [2.75, 3.05) is 19.8 Å². The Hall–Kier alpha value is -4.40. The van der Waals surface area contributed by atoms with Gasteiger partial charge in [-0.1, -0.05) is 100 Å². The van der Waals surface area contributed by atoms with Crippen LogP contribution in [0.25, 0.3) is 0 Å². The second kappa shape index (κ2) is 31.4. The summed E-state index contributed by atoms with van der Waals surface area (Å²) in [6, 6.07) is 1.97. The van der Waals surface area contributed by atoms with Gasteiger partial charge in [0.2, 0.25) is 0 Å². The van der Waals surface area contributed by atoms with E-state index in [0.717, 1.165) is 75.7 Å². The highest BCUT2D eigenvalue weighted by Gasteiger charge is 2.55. The number of rotatable bonds is 27. The fraction of sp³-hybridized carbons (Fsp3) is 0.608. The zero-order valence-electron chi connectivity index (χ0n) is 40.6. The van der Waals surface area contributed by atoms with Gasteiger partial charge in [0.05, 0.1) is 25.9 Å². The molecule has 1 aromatic carbocycles. The first-order valence-corrected chi connectivity index (χ1v) is 24.4. The van der Waals surface area contributed by atoms with Crippen LogP contribution in [0.15, 0.2) is 85.0 Å². The summed E-state index contributed by atoms with van der Waals surface area (Å²) in [5.41, 5.74) is -0.392. The zero-order chi connectivity index (χ0) is 52.7. The summed E-state index contributed by atoms with van der Waals surface area (Å²) in [5, 5.41) is 129. The minimum Gasteiger partial charge on any atom is -0.508 e. The lowest BCUT2D eigenvalue weighted by atomic mass is 9.88. The number of ether oxygens (including phenoxy) is 7. The van der Waals surface area contributed by atoms with Crippen LogP contribution in [0.5, 0.6) is 11.5 Å². The van der Waals surface area contributed by atoms with Crippen LogP contribution in [0, 0.1) is 0 Å². The van der Waals surface area contributed by atoms with Gasteiger partial charge in [0.15, 0.2) is 18.7 Å². The molecule has 0 aliphatic carbocycles. The minimum atomic E-state index is -2.09. The van der Waals surface area contributed by atoms with Gasteiger partial charge >= 0.3 is 11.9 Å². The predicted molar refractivity (Wildman–Crippen MR) is 255 cm³/mol. The third kappa shape index (κ3) is 17.6. The van der Waals surface area contributed by atoms with Crippen LogP contribution in [0.1, 0.15) is 88.9 Å². The summed E-state index contributed by atoms with van der Waals surface area (Å²) in [6.07, 6.45) is -2.13. The molecular formula is C51H74O21. The number of phenolic OH excluding ortho intramolecular Hbond substituents is 2. The highest BCUT2D eigenvalue weighted by atomic mass is 16.8. The number of benzene rings is 1. The summed E-state index contributed by atoms with van der Waals surface area (Å²) in [6.45, 7) is 0.838. The number of carbonyl (C=O) groups excluding carboxylic acids is 2. The first-order valence-electron chi connectivity index (χ1n) is 24.4. The summed E-state index contributed by atoms with van der Waals surface area (Å²) >= 11 is 0. The average molecular weight is 1020 g/mol.